The van der Waals surface area contributed by atoms with E-state index in [-0.39, 0.29) is 0 Å². The lowest BCUT2D eigenvalue weighted by Gasteiger charge is -2.16. The Hall–Kier alpha value is -6.22. The van der Waals surface area contributed by atoms with Crippen LogP contribution in [0.15, 0.2) is 133 Å². The normalized spacial score (nSPS) is 12.0. The molecule has 0 N–H and O–H groups in total. The topological polar surface area (TPSA) is 61.4 Å². The predicted molar refractivity (Wildman–Crippen MR) is 217 cm³/mol. The van der Waals surface area contributed by atoms with Crippen LogP contribution in [0.1, 0.15) is 11.1 Å². The highest BCUT2D eigenvalue weighted by molar-refractivity contribution is 7.00. The van der Waals surface area contributed by atoms with Crippen LogP contribution in [-0.4, -0.2) is 26.6 Å². The van der Waals surface area contributed by atoms with E-state index < -0.39 is 0 Å². The second-order valence-corrected chi connectivity index (χ2v) is 14.5. The third kappa shape index (κ3) is 4.10. The van der Waals surface area contributed by atoms with Crippen LogP contribution >= 0.6 is 23.5 Å². The Morgan fingerprint density at radius 1 is 0.365 bits per heavy atom. The van der Waals surface area contributed by atoms with Crippen LogP contribution in [0.4, 0.5) is 0 Å². The largest absolute Gasteiger partial charge is 0.307 e. The zero-order chi connectivity index (χ0) is 34.5. The van der Waals surface area contributed by atoms with Crippen molar-refractivity contribution < 1.29 is 0 Å². The summed E-state index contributed by atoms with van der Waals surface area (Å²) in [5.74, 6) is 0. The Balaban J connectivity index is 1.05. The lowest BCUT2D eigenvalue weighted by Crippen LogP contribution is -1.98. The molecule has 0 fully saturated rings. The van der Waals surface area contributed by atoms with Gasteiger partial charge >= 0.3 is 0 Å². The molecule has 0 aliphatic rings. The summed E-state index contributed by atoms with van der Waals surface area (Å²) < 4.78 is 24.2. The van der Waals surface area contributed by atoms with E-state index in [0.717, 1.165) is 77.8 Å². The summed E-state index contributed by atoms with van der Waals surface area (Å²) >= 11 is 2.54. The molecule has 0 bridgehead atoms. The fourth-order valence-corrected chi connectivity index (χ4v) is 9.40. The maximum absolute atomic E-state index is 4.89. The van der Waals surface area contributed by atoms with Gasteiger partial charge in [0.25, 0.3) is 0 Å². The van der Waals surface area contributed by atoms with Crippen LogP contribution in [0.2, 0.25) is 0 Å². The molecule has 246 valence electrons. The Morgan fingerprint density at radius 2 is 0.692 bits per heavy atom. The van der Waals surface area contributed by atoms with Gasteiger partial charge in [-0.15, -0.1) is 0 Å². The molecule has 4 aromatic heterocycles. The molecule has 0 aliphatic heterocycles. The van der Waals surface area contributed by atoms with Gasteiger partial charge < -0.3 is 9.13 Å². The SMILES string of the molecule is Cc1cc(-c2ccc(-n3c4ccccc4c4ccccc43)c3nsnc23)c(C)cc1-c1ccc(-n2c3ccccc3c3ccccc32)c2nsnc12. The zero-order valence-electron chi connectivity index (χ0n) is 28.2. The number of hydrogen-bond donors (Lipinski definition) is 0. The summed E-state index contributed by atoms with van der Waals surface area (Å²) in [5.41, 5.74) is 17.2. The Labute approximate surface area is 306 Å². The summed E-state index contributed by atoms with van der Waals surface area (Å²) in [7, 11) is 0. The second-order valence-electron chi connectivity index (χ2n) is 13.4. The van der Waals surface area contributed by atoms with Gasteiger partial charge in [-0.1, -0.05) is 84.9 Å². The number of aryl methyl sites for hydroxylation is 2. The summed E-state index contributed by atoms with van der Waals surface area (Å²) in [5, 5.41) is 4.92. The minimum absolute atomic E-state index is 0.908. The monoisotopic (exact) mass is 704 g/mol. The lowest BCUT2D eigenvalue weighted by molar-refractivity contribution is 1.19. The highest BCUT2D eigenvalue weighted by Gasteiger charge is 2.22. The third-order valence-electron chi connectivity index (χ3n) is 10.6. The van der Waals surface area contributed by atoms with E-state index in [1.165, 1.54) is 56.1 Å². The van der Waals surface area contributed by atoms with Crippen molar-refractivity contribution in [3.8, 4) is 33.6 Å². The average molecular weight is 705 g/mol. The van der Waals surface area contributed by atoms with Gasteiger partial charge in [0.2, 0.25) is 0 Å². The van der Waals surface area contributed by atoms with E-state index in [2.05, 4.69) is 156 Å². The molecule has 0 unspecified atom stereocenters. The number of para-hydroxylation sites is 4. The number of hydrogen-bond acceptors (Lipinski definition) is 6. The molecular formula is C44H28N6S2. The van der Waals surface area contributed by atoms with Crippen molar-refractivity contribution in [2.45, 2.75) is 13.8 Å². The molecule has 4 heterocycles. The van der Waals surface area contributed by atoms with Crippen molar-refractivity contribution in [2.24, 2.45) is 0 Å². The molecular weight excluding hydrogens is 677 g/mol. The molecule has 0 saturated heterocycles. The van der Waals surface area contributed by atoms with Gasteiger partial charge in [0.15, 0.2) is 0 Å². The molecule has 11 rings (SSSR count). The molecule has 0 amide bonds. The highest BCUT2D eigenvalue weighted by Crippen LogP contribution is 2.42. The van der Waals surface area contributed by atoms with Crippen LogP contribution in [0.3, 0.4) is 0 Å². The first-order chi connectivity index (χ1) is 25.7. The van der Waals surface area contributed by atoms with Gasteiger partial charge in [0.05, 0.1) is 56.9 Å². The highest BCUT2D eigenvalue weighted by atomic mass is 32.1. The van der Waals surface area contributed by atoms with Crippen molar-refractivity contribution >= 4 is 89.1 Å². The summed E-state index contributed by atoms with van der Waals surface area (Å²) in [6.45, 7) is 4.38. The number of aromatic nitrogens is 6. The van der Waals surface area contributed by atoms with Crippen molar-refractivity contribution in [3.05, 3.63) is 145 Å². The van der Waals surface area contributed by atoms with Crippen LogP contribution < -0.4 is 0 Å². The number of benzene rings is 7. The van der Waals surface area contributed by atoms with E-state index in [1.807, 2.05) is 0 Å². The molecule has 0 aliphatic carbocycles. The molecule has 8 heteroatoms. The molecule has 6 nitrogen and oxygen atoms in total. The summed E-state index contributed by atoms with van der Waals surface area (Å²) in [6, 6.07) is 47.8. The van der Waals surface area contributed by atoms with E-state index in [4.69, 9.17) is 17.5 Å². The van der Waals surface area contributed by atoms with Gasteiger partial charge in [0.1, 0.15) is 22.1 Å². The maximum Gasteiger partial charge on any atom is 0.129 e. The molecule has 52 heavy (non-hydrogen) atoms. The molecule has 0 saturated carbocycles. The minimum Gasteiger partial charge on any atom is -0.307 e. The van der Waals surface area contributed by atoms with E-state index in [1.54, 1.807) is 0 Å². The smallest absolute Gasteiger partial charge is 0.129 e. The van der Waals surface area contributed by atoms with Gasteiger partial charge in [-0.3, -0.25) is 0 Å². The van der Waals surface area contributed by atoms with E-state index >= 15 is 0 Å². The minimum atomic E-state index is 0.908. The standard InChI is InChI=1S/C44H28N6S2/c1-25-23-34(32-20-22-40(44-42(32)46-52-48-44)50-37-17-9-5-13-29(37)30-14-6-10-18-38(30)50)26(2)24-33(25)31-19-21-39(43-41(31)45-51-47-43)49-35-15-7-3-11-27(35)28-12-4-8-16-36(28)49/h3-24H,1-2H3. The van der Waals surface area contributed by atoms with Crippen molar-refractivity contribution in [1.29, 1.82) is 0 Å². The Bertz CT molecular complexity index is 2910. The first kappa shape index (κ1) is 29.5. The fourth-order valence-electron chi connectivity index (χ4n) is 8.26. The predicted octanol–water partition coefficient (Wildman–Crippen LogP) is 11.8. The van der Waals surface area contributed by atoms with Crippen LogP contribution in [0, 0.1) is 13.8 Å². The quantitative estimate of drug-likeness (QED) is 0.183. The molecule has 11 aromatic rings. The van der Waals surface area contributed by atoms with Gasteiger partial charge in [-0.25, -0.2) is 0 Å². The number of fused-ring (bicyclic) bond motifs is 8. The van der Waals surface area contributed by atoms with Crippen LogP contribution in [0.5, 0.6) is 0 Å². The first-order valence-electron chi connectivity index (χ1n) is 17.3. The van der Waals surface area contributed by atoms with Crippen LogP contribution in [-0.2, 0) is 0 Å². The van der Waals surface area contributed by atoms with Crippen molar-refractivity contribution in [2.75, 3.05) is 0 Å². The maximum atomic E-state index is 4.89. The second kappa shape index (κ2) is 11.1. The lowest BCUT2D eigenvalue weighted by atomic mass is 9.90. The third-order valence-corrected chi connectivity index (χ3v) is 11.6. The van der Waals surface area contributed by atoms with Gasteiger partial charge in [0, 0.05) is 32.7 Å². The van der Waals surface area contributed by atoms with Crippen molar-refractivity contribution in [3.63, 3.8) is 0 Å². The Kier molecular flexibility index (Phi) is 6.32. The van der Waals surface area contributed by atoms with Gasteiger partial charge in [-0.05, 0) is 84.6 Å². The summed E-state index contributed by atoms with van der Waals surface area (Å²) in [4.78, 5) is 0. The Morgan fingerprint density at radius 3 is 1.06 bits per heavy atom. The van der Waals surface area contributed by atoms with Crippen LogP contribution in [0.25, 0.3) is 99.3 Å². The average Bonchev–Trinajstić information content (AvgIpc) is 3.99. The number of nitrogens with zero attached hydrogens (tertiary/aromatic N) is 6. The summed E-state index contributed by atoms with van der Waals surface area (Å²) in [6.07, 6.45) is 0. The molecule has 0 radical (unpaired) electrons. The molecule has 7 aromatic carbocycles. The van der Waals surface area contributed by atoms with Gasteiger partial charge in [-0.2, -0.15) is 17.5 Å². The number of rotatable bonds is 4. The first-order valence-corrected chi connectivity index (χ1v) is 18.7. The molecule has 0 spiro atoms. The fraction of sp³-hybridized carbons (Fsp3) is 0.0455. The van der Waals surface area contributed by atoms with E-state index in [9.17, 15) is 0 Å². The zero-order valence-corrected chi connectivity index (χ0v) is 29.8. The van der Waals surface area contributed by atoms with Crippen molar-refractivity contribution in [1.82, 2.24) is 26.6 Å². The molecule has 0 atom stereocenters. The van der Waals surface area contributed by atoms with E-state index in [0.29, 0.717) is 0 Å².